The summed E-state index contributed by atoms with van der Waals surface area (Å²) in [6, 6.07) is 0. The highest BCUT2D eigenvalue weighted by atomic mass is 16.1. The topological polar surface area (TPSA) is 41.1 Å². The summed E-state index contributed by atoms with van der Waals surface area (Å²) in [6.07, 6.45) is 5.05. The Morgan fingerprint density at radius 3 is 2.62 bits per heavy atom. The van der Waals surface area contributed by atoms with Crippen molar-refractivity contribution in [3.05, 3.63) is 0 Å². The van der Waals surface area contributed by atoms with Gasteiger partial charge in [-0.3, -0.25) is 4.79 Å². The maximum Gasteiger partial charge on any atom is 0.224 e. The Balaban J connectivity index is 1.75. The van der Waals surface area contributed by atoms with Gasteiger partial charge in [0, 0.05) is 13.1 Å². The molecule has 1 unspecified atom stereocenters. The Kier molecular flexibility index (Phi) is 3.53. The van der Waals surface area contributed by atoms with Crippen molar-refractivity contribution in [1.29, 1.82) is 0 Å². The van der Waals surface area contributed by atoms with E-state index in [9.17, 15) is 4.79 Å². The summed E-state index contributed by atoms with van der Waals surface area (Å²) in [5.41, 5.74) is 0.278. The van der Waals surface area contributed by atoms with Crippen LogP contribution in [0, 0.1) is 17.3 Å². The van der Waals surface area contributed by atoms with Crippen molar-refractivity contribution in [2.45, 2.75) is 39.5 Å². The minimum atomic E-state index is 0.206. The van der Waals surface area contributed by atoms with Gasteiger partial charge in [-0.25, -0.2) is 0 Å². The van der Waals surface area contributed by atoms with E-state index in [-0.39, 0.29) is 17.2 Å². The van der Waals surface area contributed by atoms with Crippen molar-refractivity contribution in [3.63, 3.8) is 0 Å². The molecule has 2 rings (SSSR count). The SMILES string of the molecule is CC(C)(CNC(=O)C1CCNC1)C1CCC1. The second-order valence-corrected chi connectivity index (χ2v) is 6.02. The van der Waals surface area contributed by atoms with Crippen molar-refractivity contribution in [2.24, 2.45) is 17.3 Å². The van der Waals surface area contributed by atoms with Gasteiger partial charge in [-0.2, -0.15) is 0 Å². The largest absolute Gasteiger partial charge is 0.355 e. The maximum absolute atomic E-state index is 11.9. The van der Waals surface area contributed by atoms with E-state index in [1.165, 1.54) is 19.3 Å². The fraction of sp³-hybridized carbons (Fsp3) is 0.923. The number of carbonyl (C=O) groups is 1. The molecule has 0 aromatic carbocycles. The van der Waals surface area contributed by atoms with Crippen LogP contribution < -0.4 is 10.6 Å². The lowest BCUT2D eigenvalue weighted by Crippen LogP contribution is -2.43. The molecule has 0 radical (unpaired) electrons. The molecule has 1 heterocycles. The summed E-state index contributed by atoms with van der Waals surface area (Å²) in [5, 5.41) is 6.37. The first-order chi connectivity index (χ1) is 7.59. The third-order valence-electron chi connectivity index (χ3n) is 4.36. The Labute approximate surface area is 98.4 Å². The highest BCUT2D eigenvalue weighted by molar-refractivity contribution is 5.79. The Morgan fingerprint density at radius 2 is 2.12 bits per heavy atom. The van der Waals surface area contributed by atoms with Crippen LogP contribution in [-0.4, -0.2) is 25.5 Å². The lowest BCUT2D eigenvalue weighted by molar-refractivity contribution is -0.125. The molecule has 1 aliphatic heterocycles. The van der Waals surface area contributed by atoms with Gasteiger partial charge < -0.3 is 10.6 Å². The smallest absolute Gasteiger partial charge is 0.224 e. The molecule has 0 spiro atoms. The van der Waals surface area contributed by atoms with E-state index in [2.05, 4.69) is 24.5 Å². The number of hydrogen-bond acceptors (Lipinski definition) is 2. The molecule has 1 saturated heterocycles. The molecule has 0 aromatic rings. The predicted molar refractivity (Wildman–Crippen MR) is 65.1 cm³/mol. The van der Waals surface area contributed by atoms with Crippen LogP contribution in [0.4, 0.5) is 0 Å². The van der Waals surface area contributed by atoms with Gasteiger partial charge in [0.05, 0.1) is 5.92 Å². The highest BCUT2D eigenvalue weighted by Gasteiger charge is 2.34. The van der Waals surface area contributed by atoms with E-state index in [1.54, 1.807) is 0 Å². The lowest BCUT2D eigenvalue weighted by atomic mass is 9.67. The average Bonchev–Trinajstić information content (AvgIpc) is 2.63. The van der Waals surface area contributed by atoms with E-state index in [0.717, 1.165) is 32.0 Å². The molecule has 2 fully saturated rings. The molecule has 1 amide bonds. The number of nitrogens with one attached hydrogen (secondary N) is 2. The van der Waals surface area contributed by atoms with Gasteiger partial charge >= 0.3 is 0 Å². The molecule has 16 heavy (non-hydrogen) atoms. The van der Waals surface area contributed by atoms with Crippen LogP contribution in [0.5, 0.6) is 0 Å². The zero-order valence-corrected chi connectivity index (χ0v) is 10.5. The molecule has 1 saturated carbocycles. The standard InChI is InChI=1S/C13H24N2O/c1-13(2,11-4-3-5-11)9-15-12(16)10-6-7-14-8-10/h10-11,14H,3-9H2,1-2H3,(H,15,16). The van der Waals surface area contributed by atoms with Crippen LogP contribution in [0.1, 0.15) is 39.5 Å². The number of rotatable bonds is 4. The van der Waals surface area contributed by atoms with Crippen molar-refractivity contribution >= 4 is 5.91 Å². The zero-order valence-electron chi connectivity index (χ0n) is 10.5. The minimum absolute atomic E-state index is 0.206. The van der Waals surface area contributed by atoms with E-state index in [4.69, 9.17) is 0 Å². The maximum atomic E-state index is 11.9. The summed E-state index contributed by atoms with van der Waals surface area (Å²) in [4.78, 5) is 11.9. The molecule has 2 aliphatic rings. The van der Waals surface area contributed by atoms with E-state index >= 15 is 0 Å². The van der Waals surface area contributed by atoms with Crippen LogP contribution in [0.3, 0.4) is 0 Å². The molecule has 3 heteroatoms. The summed E-state index contributed by atoms with van der Waals surface area (Å²) in [6.45, 7) is 7.25. The van der Waals surface area contributed by atoms with Crippen molar-refractivity contribution in [3.8, 4) is 0 Å². The second-order valence-electron chi connectivity index (χ2n) is 6.02. The van der Waals surface area contributed by atoms with Gasteiger partial charge in [0.1, 0.15) is 0 Å². The second kappa shape index (κ2) is 4.74. The van der Waals surface area contributed by atoms with Crippen molar-refractivity contribution < 1.29 is 4.79 Å². The molecule has 0 bridgehead atoms. The summed E-state index contributed by atoms with van der Waals surface area (Å²) < 4.78 is 0. The van der Waals surface area contributed by atoms with Crippen molar-refractivity contribution in [1.82, 2.24) is 10.6 Å². The van der Waals surface area contributed by atoms with Crippen molar-refractivity contribution in [2.75, 3.05) is 19.6 Å². The van der Waals surface area contributed by atoms with Crippen LogP contribution in [0.25, 0.3) is 0 Å². The predicted octanol–water partition coefficient (Wildman–Crippen LogP) is 1.54. The van der Waals surface area contributed by atoms with Gasteiger partial charge in [0.15, 0.2) is 0 Å². The molecule has 3 nitrogen and oxygen atoms in total. The van der Waals surface area contributed by atoms with Gasteiger partial charge in [-0.05, 0) is 37.1 Å². The summed E-state index contributed by atoms with van der Waals surface area (Å²) >= 11 is 0. The van der Waals surface area contributed by atoms with E-state index in [1.807, 2.05) is 0 Å². The van der Waals surface area contributed by atoms with Gasteiger partial charge in [0.2, 0.25) is 5.91 Å². The first-order valence-corrected chi connectivity index (χ1v) is 6.58. The first-order valence-electron chi connectivity index (χ1n) is 6.58. The average molecular weight is 224 g/mol. The van der Waals surface area contributed by atoms with Gasteiger partial charge in [-0.15, -0.1) is 0 Å². The third-order valence-corrected chi connectivity index (χ3v) is 4.36. The monoisotopic (exact) mass is 224 g/mol. The molecular formula is C13H24N2O. The van der Waals surface area contributed by atoms with E-state index in [0.29, 0.717) is 0 Å². The minimum Gasteiger partial charge on any atom is -0.355 e. The van der Waals surface area contributed by atoms with Gasteiger partial charge in [0.25, 0.3) is 0 Å². The molecule has 0 aromatic heterocycles. The zero-order chi connectivity index (χ0) is 11.6. The van der Waals surface area contributed by atoms with Crippen LogP contribution in [-0.2, 0) is 4.79 Å². The van der Waals surface area contributed by atoms with Crippen LogP contribution >= 0.6 is 0 Å². The molecule has 1 atom stereocenters. The van der Waals surface area contributed by atoms with Crippen LogP contribution in [0.2, 0.25) is 0 Å². The lowest BCUT2D eigenvalue weighted by Gasteiger charge is -2.40. The van der Waals surface area contributed by atoms with E-state index < -0.39 is 0 Å². The summed E-state index contributed by atoms with van der Waals surface area (Å²) in [5.74, 6) is 1.27. The summed E-state index contributed by atoms with van der Waals surface area (Å²) in [7, 11) is 0. The molecule has 92 valence electrons. The molecular weight excluding hydrogens is 200 g/mol. The Hall–Kier alpha value is -0.570. The fourth-order valence-electron chi connectivity index (χ4n) is 2.67. The highest BCUT2D eigenvalue weighted by Crippen LogP contribution is 2.41. The van der Waals surface area contributed by atoms with Gasteiger partial charge in [-0.1, -0.05) is 20.3 Å². The Bertz CT molecular complexity index is 253. The normalized spacial score (nSPS) is 26.5. The van der Waals surface area contributed by atoms with Crippen LogP contribution in [0.15, 0.2) is 0 Å². The fourth-order valence-corrected chi connectivity index (χ4v) is 2.67. The third kappa shape index (κ3) is 2.57. The molecule has 2 N–H and O–H groups in total. The number of hydrogen-bond donors (Lipinski definition) is 2. The quantitative estimate of drug-likeness (QED) is 0.760. The molecule has 1 aliphatic carbocycles. The number of amides is 1. The first kappa shape index (κ1) is 11.9. The number of carbonyl (C=O) groups excluding carboxylic acids is 1. The Morgan fingerprint density at radius 1 is 1.38 bits per heavy atom.